The molecule has 0 unspecified atom stereocenters. The number of benzene rings is 2. The first-order chi connectivity index (χ1) is 30.8. The van der Waals surface area contributed by atoms with Crippen LogP contribution in [0.2, 0.25) is 0 Å². The van der Waals surface area contributed by atoms with Crippen LogP contribution in [-0.2, 0) is 14.3 Å². The van der Waals surface area contributed by atoms with Gasteiger partial charge < -0.3 is 52.8 Å². The lowest BCUT2D eigenvalue weighted by atomic mass is 9.45. The Labute approximate surface area is 380 Å². The molecule has 4 saturated carbocycles. The van der Waals surface area contributed by atoms with Crippen molar-refractivity contribution < 1.29 is 57.4 Å². The van der Waals surface area contributed by atoms with E-state index >= 15 is 0 Å². The topological polar surface area (TPSA) is 152 Å². The van der Waals surface area contributed by atoms with Crippen LogP contribution in [0.4, 0.5) is 0 Å². The van der Waals surface area contributed by atoms with Gasteiger partial charge in [-0.3, -0.25) is 4.79 Å². The third-order valence-electron chi connectivity index (χ3n) is 15.5. The summed E-state index contributed by atoms with van der Waals surface area (Å²) in [5.74, 6) is 5.12. The fourth-order valence-electron chi connectivity index (χ4n) is 11.9. The number of methoxy groups -OCH3 is 6. The zero-order chi connectivity index (χ0) is 46.0. The molecule has 1 heterocycles. The molecule has 7 atom stereocenters. The van der Waals surface area contributed by atoms with Crippen molar-refractivity contribution in [2.75, 3.05) is 95.1 Å². The van der Waals surface area contributed by atoms with E-state index in [-0.39, 0.29) is 11.5 Å². The van der Waals surface area contributed by atoms with Gasteiger partial charge in [0, 0.05) is 38.0 Å². The summed E-state index contributed by atoms with van der Waals surface area (Å²) in [6, 6.07) is 6.34. The number of ether oxygens (including phenoxy) is 8. The number of hydrogen-bond donors (Lipinski definition) is 1. The molecule has 14 nitrogen and oxygen atoms in total. The Morgan fingerprint density at radius 3 is 1.61 bits per heavy atom. The minimum absolute atomic E-state index is 0.0124. The van der Waals surface area contributed by atoms with Crippen LogP contribution in [0.3, 0.4) is 0 Å². The molecule has 1 N–H and O–H groups in total. The quantitative estimate of drug-likeness (QED) is 0.131. The molecular weight excluding hydrogens is 821 g/mol. The molecule has 0 amide bonds. The fraction of sp³-hybridized carbons (Fsp3) is 0.700. The van der Waals surface area contributed by atoms with Crippen molar-refractivity contribution in [2.45, 2.75) is 97.0 Å². The Hall–Kier alpha value is -4.27. The van der Waals surface area contributed by atoms with Crippen LogP contribution in [0.15, 0.2) is 24.3 Å². The van der Waals surface area contributed by atoms with Crippen LogP contribution in [0.5, 0.6) is 34.5 Å². The lowest BCUT2D eigenvalue weighted by Gasteiger charge is -2.60. The van der Waals surface area contributed by atoms with Gasteiger partial charge in [-0.1, -0.05) is 13.8 Å². The van der Waals surface area contributed by atoms with E-state index in [0.717, 1.165) is 108 Å². The van der Waals surface area contributed by atoms with Gasteiger partial charge in [0.05, 0.1) is 73.1 Å². The van der Waals surface area contributed by atoms with E-state index in [1.54, 1.807) is 24.3 Å². The van der Waals surface area contributed by atoms with Crippen LogP contribution in [0.25, 0.3) is 0 Å². The lowest BCUT2D eigenvalue weighted by molar-refractivity contribution is -0.142. The molecule has 4 aliphatic carbocycles. The van der Waals surface area contributed by atoms with Gasteiger partial charge in [-0.15, -0.1) is 0 Å². The molecule has 356 valence electrons. The van der Waals surface area contributed by atoms with Crippen molar-refractivity contribution in [3.8, 4) is 34.5 Å². The van der Waals surface area contributed by atoms with E-state index in [4.69, 9.17) is 37.9 Å². The molecular formula is C50H74N2O12. The van der Waals surface area contributed by atoms with Gasteiger partial charge in [-0.05, 0) is 137 Å². The monoisotopic (exact) mass is 895 g/mol. The van der Waals surface area contributed by atoms with Crippen molar-refractivity contribution in [3.63, 3.8) is 0 Å². The number of carbonyl (C=O) groups excluding carboxylic acids is 3. The van der Waals surface area contributed by atoms with Gasteiger partial charge in [-0.25, -0.2) is 9.59 Å². The molecule has 64 heavy (non-hydrogen) atoms. The van der Waals surface area contributed by atoms with Gasteiger partial charge in [0.2, 0.25) is 11.5 Å². The van der Waals surface area contributed by atoms with Gasteiger partial charge in [-0.2, -0.15) is 0 Å². The maximum absolute atomic E-state index is 12.6. The largest absolute Gasteiger partial charge is 0.493 e. The van der Waals surface area contributed by atoms with Crippen LogP contribution in [-0.4, -0.2) is 134 Å². The summed E-state index contributed by atoms with van der Waals surface area (Å²) < 4.78 is 42.9. The van der Waals surface area contributed by atoms with E-state index in [0.29, 0.717) is 76.0 Å². The highest BCUT2D eigenvalue weighted by Crippen LogP contribution is 2.65. The van der Waals surface area contributed by atoms with Gasteiger partial charge in [0.15, 0.2) is 23.0 Å². The molecule has 0 bridgehead atoms. The summed E-state index contributed by atoms with van der Waals surface area (Å²) >= 11 is 0. The number of hydrogen-bond acceptors (Lipinski definition) is 14. The van der Waals surface area contributed by atoms with Crippen LogP contribution < -0.4 is 28.4 Å². The second-order valence-corrected chi connectivity index (χ2v) is 18.8. The Bertz CT molecular complexity index is 1770. The average Bonchev–Trinajstić information content (AvgIpc) is 3.45. The standard InChI is InChI=1S/C31H44N2O10.C19H30O2/c1-36-24-18-22(19-25(37-2)28(24)40-5)30(34)42-16-8-12-32-10-7-11-33(15-14-32)13-9-17-43-31(35)23-20-26(38-3)29(41-6)27(21-23)39-4;1-18-9-7-13(20)11-12(18)3-4-14-15-5-6-17(21)19(15,2)10-8-16(14)18/h18-21H,7-17H2,1-6H3;12-16,20H,3-11H2,1-2H3/t;12-,13-,14-,15-,16-,18-,19-/m.0/s1. The normalized spacial score (nSPS) is 27.9. The molecule has 5 aliphatic rings. The summed E-state index contributed by atoms with van der Waals surface area (Å²) in [7, 11) is 9.04. The molecule has 2 aromatic carbocycles. The number of nitrogens with zero attached hydrogens (tertiary/aromatic N) is 2. The number of aliphatic hydroxyl groups is 1. The Morgan fingerprint density at radius 2 is 1.14 bits per heavy atom. The Balaban J connectivity index is 0.000000266. The van der Waals surface area contributed by atoms with Gasteiger partial charge in [0.25, 0.3) is 0 Å². The molecule has 0 spiro atoms. The number of aliphatic hydroxyl groups excluding tert-OH is 1. The zero-order valence-electron chi connectivity index (χ0n) is 39.7. The summed E-state index contributed by atoms with van der Waals surface area (Å²) in [5, 5.41) is 10.0. The minimum Gasteiger partial charge on any atom is -0.493 e. The average molecular weight is 895 g/mol. The third kappa shape index (κ3) is 10.9. The summed E-state index contributed by atoms with van der Waals surface area (Å²) in [5.41, 5.74) is 1.14. The SMILES string of the molecule is COc1cc(C(=O)OCCCN2CCCN(CCCOC(=O)c3cc(OC)c(OC)c(OC)c3)CC2)cc(OC)c1OC.C[C@]12CC[C@H](O)C[C@@H]1CC[C@@H]1[C@@H]2CC[C@]2(C)C(=O)CC[C@@H]12. The smallest absolute Gasteiger partial charge is 0.338 e. The van der Waals surface area contributed by atoms with Crippen LogP contribution >= 0.6 is 0 Å². The highest BCUT2D eigenvalue weighted by atomic mass is 16.5. The molecule has 14 heteroatoms. The Morgan fingerprint density at radius 1 is 0.641 bits per heavy atom. The van der Waals surface area contributed by atoms with E-state index in [9.17, 15) is 19.5 Å². The maximum Gasteiger partial charge on any atom is 0.338 e. The lowest BCUT2D eigenvalue weighted by Crippen LogP contribution is -2.54. The molecule has 1 saturated heterocycles. The predicted octanol–water partition coefficient (Wildman–Crippen LogP) is 7.50. The number of carbonyl (C=O) groups is 3. The zero-order valence-corrected chi connectivity index (χ0v) is 39.7. The molecule has 1 aliphatic heterocycles. The fourth-order valence-corrected chi connectivity index (χ4v) is 11.9. The van der Waals surface area contributed by atoms with Gasteiger partial charge in [0.1, 0.15) is 5.78 Å². The number of Topliss-reactive ketones (excluding diaryl/α,β-unsaturated/α-hetero) is 1. The van der Waals surface area contributed by atoms with Crippen LogP contribution in [0, 0.1) is 34.5 Å². The summed E-state index contributed by atoms with van der Waals surface area (Å²) in [4.78, 5) is 42.4. The van der Waals surface area contributed by atoms with Crippen molar-refractivity contribution in [3.05, 3.63) is 35.4 Å². The van der Waals surface area contributed by atoms with Crippen molar-refractivity contribution in [1.82, 2.24) is 9.80 Å². The number of fused-ring (bicyclic) bond motifs is 5. The predicted molar refractivity (Wildman–Crippen MR) is 242 cm³/mol. The number of ketones is 1. The third-order valence-corrected chi connectivity index (χ3v) is 15.5. The van der Waals surface area contributed by atoms with E-state index < -0.39 is 11.9 Å². The van der Waals surface area contributed by atoms with E-state index in [1.807, 2.05) is 0 Å². The first-order valence-corrected chi connectivity index (χ1v) is 23.4. The number of esters is 2. The molecule has 2 aromatic rings. The summed E-state index contributed by atoms with van der Waals surface area (Å²) in [6.45, 7) is 10.9. The molecule has 7 rings (SSSR count). The maximum atomic E-state index is 12.6. The molecule has 0 aromatic heterocycles. The summed E-state index contributed by atoms with van der Waals surface area (Å²) in [6.07, 6.45) is 12.6. The first kappa shape index (κ1) is 49.2. The minimum atomic E-state index is -0.438. The highest BCUT2D eigenvalue weighted by molar-refractivity contribution is 5.92. The second kappa shape index (κ2) is 22.3. The molecule has 0 radical (unpaired) electrons. The van der Waals surface area contributed by atoms with Crippen molar-refractivity contribution in [1.29, 1.82) is 0 Å². The Kier molecular flexibility index (Phi) is 17.1. The van der Waals surface area contributed by atoms with Crippen LogP contribution in [0.1, 0.15) is 112 Å². The molecule has 5 fully saturated rings. The number of rotatable bonds is 16. The van der Waals surface area contributed by atoms with Crippen molar-refractivity contribution in [2.24, 2.45) is 34.5 Å². The first-order valence-electron chi connectivity index (χ1n) is 23.4. The second-order valence-electron chi connectivity index (χ2n) is 18.8. The van der Waals surface area contributed by atoms with Crippen molar-refractivity contribution >= 4 is 17.7 Å². The van der Waals surface area contributed by atoms with E-state index in [2.05, 4.69) is 23.6 Å². The van der Waals surface area contributed by atoms with E-state index in [1.165, 1.54) is 68.3 Å². The van der Waals surface area contributed by atoms with Gasteiger partial charge >= 0.3 is 11.9 Å². The highest BCUT2D eigenvalue weighted by Gasteiger charge is 2.60.